The lowest BCUT2D eigenvalue weighted by Crippen LogP contribution is -2.59. The second-order valence-corrected chi connectivity index (χ2v) is 10.2. The van der Waals surface area contributed by atoms with Gasteiger partial charge >= 0.3 is 0 Å². The van der Waals surface area contributed by atoms with Crippen molar-refractivity contribution in [3.8, 4) is 17.2 Å². The minimum absolute atomic E-state index is 0.0335. The number of hydrogen-bond donors (Lipinski definition) is 0. The molecule has 2 aromatic rings. The highest BCUT2D eigenvalue weighted by atomic mass is 19.1. The number of rotatable bonds is 4. The third-order valence-corrected chi connectivity index (χ3v) is 7.69. The zero-order valence-electron chi connectivity index (χ0n) is 20.2. The number of carbonyl (C=O) groups is 1. The molecule has 1 amide bonds. The van der Waals surface area contributed by atoms with Crippen LogP contribution in [0.1, 0.15) is 37.1 Å². The molecule has 0 saturated carbocycles. The van der Waals surface area contributed by atoms with Gasteiger partial charge in [-0.25, -0.2) is 13.8 Å². The summed E-state index contributed by atoms with van der Waals surface area (Å²) in [7, 11) is 0. The topological polar surface area (TPSA) is 63.5 Å². The number of amides is 1. The number of aromatic nitrogens is 1. The predicted octanol–water partition coefficient (Wildman–Crippen LogP) is 3.89. The Labute approximate surface area is 204 Å². The fourth-order valence-corrected chi connectivity index (χ4v) is 5.77. The van der Waals surface area contributed by atoms with Crippen LogP contribution in [0.15, 0.2) is 30.9 Å². The molecule has 2 fully saturated rings. The number of pyridine rings is 1. The van der Waals surface area contributed by atoms with Crippen LogP contribution < -0.4 is 4.90 Å². The zero-order valence-corrected chi connectivity index (χ0v) is 20.2. The van der Waals surface area contributed by atoms with Crippen molar-refractivity contribution in [3.63, 3.8) is 0 Å². The lowest BCUT2D eigenvalue weighted by atomic mass is 9.79. The largest absolute Gasteiger partial charge is 0.355 e. The highest BCUT2D eigenvalue weighted by Gasteiger charge is 2.49. The average molecular weight is 478 g/mol. The Balaban J connectivity index is 1.58. The molecule has 3 aliphatic heterocycles. The zero-order chi connectivity index (χ0) is 24.9. The molecule has 1 aromatic carbocycles. The Hall–Kier alpha value is -3.31. The Kier molecular flexibility index (Phi) is 5.84. The number of anilines is 1. The molecule has 2 saturated heterocycles. The van der Waals surface area contributed by atoms with Gasteiger partial charge in [-0.2, -0.15) is 5.26 Å². The van der Waals surface area contributed by atoms with Crippen molar-refractivity contribution in [1.82, 2.24) is 14.8 Å². The predicted molar refractivity (Wildman–Crippen MR) is 130 cm³/mol. The standard InChI is InChI=1S/C27H29F2N5O/c1-4-24(35)34-15-27(16-34)8-10-33(14-27)26-21(12-30)25(19-6-5-18(28)11-22(19)29)20-7-9-32(17(2)3)13-23(20)31-26/h4-6,11,17H,1,7-10,13-16H2,2-3H3. The van der Waals surface area contributed by atoms with Gasteiger partial charge in [0, 0.05) is 67.9 Å². The molecule has 8 heteroatoms. The second kappa shape index (κ2) is 8.72. The Morgan fingerprint density at radius 2 is 2.03 bits per heavy atom. The van der Waals surface area contributed by atoms with Crippen molar-refractivity contribution in [2.45, 2.75) is 39.3 Å². The maximum absolute atomic E-state index is 15.0. The van der Waals surface area contributed by atoms with Crippen LogP contribution in [-0.4, -0.2) is 59.5 Å². The summed E-state index contributed by atoms with van der Waals surface area (Å²) in [5.74, 6) is -0.839. The van der Waals surface area contributed by atoms with Crippen molar-refractivity contribution in [3.05, 3.63) is 59.3 Å². The minimum atomic E-state index is -0.678. The maximum Gasteiger partial charge on any atom is 0.245 e. The molecule has 4 heterocycles. The quantitative estimate of drug-likeness (QED) is 0.626. The number of hydrogen-bond acceptors (Lipinski definition) is 5. The Morgan fingerprint density at radius 3 is 2.69 bits per heavy atom. The molecule has 0 aliphatic carbocycles. The summed E-state index contributed by atoms with van der Waals surface area (Å²) in [5.41, 5.74) is 2.78. The van der Waals surface area contributed by atoms with Crippen molar-refractivity contribution in [2.24, 2.45) is 5.41 Å². The summed E-state index contributed by atoms with van der Waals surface area (Å²) in [6.45, 7) is 11.9. The number of likely N-dealkylation sites (tertiary alicyclic amines) is 1. The van der Waals surface area contributed by atoms with Gasteiger partial charge in [0.25, 0.3) is 0 Å². The van der Waals surface area contributed by atoms with Crippen LogP contribution in [0.4, 0.5) is 14.6 Å². The van der Waals surface area contributed by atoms with Crippen LogP contribution in [0, 0.1) is 28.4 Å². The van der Waals surface area contributed by atoms with Crippen LogP contribution in [0.5, 0.6) is 0 Å². The smallest absolute Gasteiger partial charge is 0.245 e. The van der Waals surface area contributed by atoms with E-state index in [0.717, 1.165) is 30.3 Å². The summed E-state index contributed by atoms with van der Waals surface area (Å²) in [5, 5.41) is 10.3. The first-order valence-corrected chi connectivity index (χ1v) is 12.1. The summed E-state index contributed by atoms with van der Waals surface area (Å²) in [6.07, 6.45) is 2.86. The van der Waals surface area contributed by atoms with E-state index in [-0.39, 0.29) is 16.9 Å². The van der Waals surface area contributed by atoms with E-state index in [1.165, 1.54) is 18.2 Å². The van der Waals surface area contributed by atoms with Gasteiger partial charge < -0.3 is 9.80 Å². The van der Waals surface area contributed by atoms with E-state index in [0.29, 0.717) is 62.1 Å². The number of carbonyl (C=O) groups excluding carboxylic acids is 1. The summed E-state index contributed by atoms with van der Waals surface area (Å²) in [4.78, 5) is 23.2. The minimum Gasteiger partial charge on any atom is -0.355 e. The van der Waals surface area contributed by atoms with Gasteiger partial charge in [0.05, 0.1) is 5.69 Å². The van der Waals surface area contributed by atoms with E-state index in [4.69, 9.17) is 4.98 Å². The van der Waals surface area contributed by atoms with Gasteiger partial charge in [-0.1, -0.05) is 6.58 Å². The highest BCUT2D eigenvalue weighted by Crippen LogP contribution is 2.44. The van der Waals surface area contributed by atoms with Crippen molar-refractivity contribution in [1.29, 1.82) is 5.26 Å². The fraction of sp³-hybridized carbons (Fsp3) is 0.444. The number of nitrogens with zero attached hydrogens (tertiary/aromatic N) is 5. The van der Waals surface area contributed by atoms with Gasteiger partial charge in [-0.3, -0.25) is 9.69 Å². The van der Waals surface area contributed by atoms with Gasteiger partial charge in [0.15, 0.2) is 0 Å². The first-order chi connectivity index (χ1) is 16.7. The molecular formula is C27H29F2N5O. The molecule has 3 aliphatic rings. The third-order valence-electron chi connectivity index (χ3n) is 7.69. The molecule has 0 radical (unpaired) electrons. The third kappa shape index (κ3) is 3.98. The first-order valence-electron chi connectivity index (χ1n) is 12.1. The molecule has 1 aromatic heterocycles. The van der Waals surface area contributed by atoms with E-state index >= 15 is 4.39 Å². The van der Waals surface area contributed by atoms with E-state index in [2.05, 4.69) is 36.3 Å². The summed E-state index contributed by atoms with van der Waals surface area (Å²) >= 11 is 0. The van der Waals surface area contributed by atoms with Crippen LogP contribution in [0.25, 0.3) is 11.1 Å². The summed E-state index contributed by atoms with van der Waals surface area (Å²) < 4.78 is 28.8. The molecule has 0 unspecified atom stereocenters. The van der Waals surface area contributed by atoms with E-state index in [1.807, 2.05) is 0 Å². The normalized spacial score (nSPS) is 19.0. The molecule has 5 rings (SSSR count). The van der Waals surface area contributed by atoms with Crippen molar-refractivity contribution < 1.29 is 13.6 Å². The molecule has 182 valence electrons. The molecule has 35 heavy (non-hydrogen) atoms. The van der Waals surface area contributed by atoms with E-state index < -0.39 is 11.6 Å². The maximum atomic E-state index is 15.0. The lowest BCUT2D eigenvalue weighted by Gasteiger charge is -2.47. The van der Waals surface area contributed by atoms with Crippen LogP contribution in [0.2, 0.25) is 0 Å². The van der Waals surface area contributed by atoms with E-state index in [1.54, 1.807) is 4.90 Å². The summed E-state index contributed by atoms with van der Waals surface area (Å²) in [6, 6.07) is 6.17. The molecule has 6 nitrogen and oxygen atoms in total. The number of halogens is 2. The van der Waals surface area contributed by atoms with Gasteiger partial charge in [-0.05, 0) is 50.5 Å². The first kappa shape index (κ1) is 23.4. The Morgan fingerprint density at radius 1 is 1.26 bits per heavy atom. The van der Waals surface area contributed by atoms with Gasteiger partial charge in [-0.15, -0.1) is 0 Å². The van der Waals surface area contributed by atoms with Gasteiger partial charge in [0.1, 0.15) is 29.1 Å². The number of nitriles is 1. The lowest BCUT2D eigenvalue weighted by molar-refractivity contribution is -0.136. The number of benzene rings is 1. The molecule has 0 bridgehead atoms. The molecule has 1 spiro atoms. The van der Waals surface area contributed by atoms with Crippen LogP contribution >= 0.6 is 0 Å². The SMILES string of the molecule is C=CC(=O)N1CC2(CCN(c3nc4c(c(-c5ccc(F)cc5F)c3C#N)CCN(C(C)C)C4)C2)C1. The van der Waals surface area contributed by atoms with Crippen LogP contribution in [-0.2, 0) is 17.8 Å². The number of fused-ring (bicyclic) bond motifs is 1. The van der Waals surface area contributed by atoms with Crippen molar-refractivity contribution >= 4 is 11.7 Å². The molecule has 0 atom stereocenters. The highest BCUT2D eigenvalue weighted by molar-refractivity contribution is 5.88. The monoisotopic (exact) mass is 477 g/mol. The van der Waals surface area contributed by atoms with E-state index in [9.17, 15) is 14.4 Å². The molecular weight excluding hydrogens is 448 g/mol. The van der Waals surface area contributed by atoms with Crippen LogP contribution in [0.3, 0.4) is 0 Å². The molecule has 0 N–H and O–H groups in total. The van der Waals surface area contributed by atoms with Gasteiger partial charge in [0.2, 0.25) is 5.91 Å². The average Bonchev–Trinajstić information content (AvgIpc) is 3.27. The second-order valence-electron chi connectivity index (χ2n) is 10.2. The van der Waals surface area contributed by atoms with Crippen molar-refractivity contribution in [2.75, 3.05) is 37.6 Å². The Bertz CT molecular complexity index is 1250. The fourth-order valence-electron chi connectivity index (χ4n) is 5.77.